The monoisotopic (exact) mass is 434 g/mol. The second kappa shape index (κ2) is 12.9. The van der Waals surface area contributed by atoms with Gasteiger partial charge in [0.25, 0.3) is 5.91 Å². The Hall–Kier alpha value is -2.49. The molecule has 2 aromatic rings. The number of anilines is 1. The minimum atomic E-state index is -0.228. The van der Waals surface area contributed by atoms with Gasteiger partial charge < -0.3 is 25.0 Å². The number of thiazole rings is 1. The van der Waals surface area contributed by atoms with Crippen molar-refractivity contribution < 1.29 is 19.1 Å². The molecular formula is C21H30N4O4S. The number of nitrogens with zero attached hydrogens (tertiary/aromatic N) is 2. The van der Waals surface area contributed by atoms with Crippen LogP contribution in [0.25, 0.3) is 0 Å². The molecule has 0 spiro atoms. The first-order valence-electron chi connectivity index (χ1n) is 9.93. The van der Waals surface area contributed by atoms with Crippen LogP contribution in [0, 0.1) is 0 Å². The highest BCUT2D eigenvalue weighted by atomic mass is 32.1. The summed E-state index contributed by atoms with van der Waals surface area (Å²) < 4.78 is 10.1. The van der Waals surface area contributed by atoms with E-state index in [1.807, 2.05) is 31.2 Å². The lowest BCUT2D eigenvalue weighted by atomic mass is 10.1. The van der Waals surface area contributed by atoms with E-state index in [1.165, 1.54) is 11.3 Å². The topological polar surface area (TPSA) is 92.8 Å². The van der Waals surface area contributed by atoms with Gasteiger partial charge in [-0.3, -0.25) is 4.79 Å². The van der Waals surface area contributed by atoms with Gasteiger partial charge >= 0.3 is 6.03 Å². The van der Waals surface area contributed by atoms with Crippen molar-refractivity contribution in [3.63, 3.8) is 0 Å². The molecule has 0 atom stereocenters. The minimum absolute atomic E-state index is 0.224. The lowest BCUT2D eigenvalue weighted by Crippen LogP contribution is -2.37. The molecule has 0 aliphatic rings. The lowest BCUT2D eigenvalue weighted by Gasteiger charge is -2.22. The summed E-state index contributed by atoms with van der Waals surface area (Å²) in [4.78, 5) is 31.1. The highest BCUT2D eigenvalue weighted by Crippen LogP contribution is 2.18. The molecular weight excluding hydrogens is 404 g/mol. The van der Waals surface area contributed by atoms with E-state index in [0.717, 1.165) is 24.1 Å². The molecule has 0 saturated heterocycles. The van der Waals surface area contributed by atoms with Gasteiger partial charge in [-0.2, -0.15) is 0 Å². The number of carbonyl (C=O) groups is 2. The number of ether oxygens (including phenoxy) is 2. The number of urea groups is 1. The molecule has 30 heavy (non-hydrogen) atoms. The van der Waals surface area contributed by atoms with Crippen LogP contribution >= 0.6 is 11.3 Å². The van der Waals surface area contributed by atoms with Crippen LogP contribution < -0.4 is 10.6 Å². The Balaban J connectivity index is 2.01. The van der Waals surface area contributed by atoms with Crippen molar-refractivity contribution >= 4 is 29.0 Å². The maximum Gasteiger partial charge on any atom is 0.322 e. The number of para-hydroxylation sites is 1. The third-order valence-electron chi connectivity index (χ3n) is 4.41. The Morgan fingerprint density at radius 2 is 1.93 bits per heavy atom. The number of benzene rings is 1. The Bertz CT molecular complexity index is 812. The smallest absolute Gasteiger partial charge is 0.322 e. The third kappa shape index (κ3) is 7.40. The molecule has 1 aromatic carbocycles. The molecule has 3 amide bonds. The van der Waals surface area contributed by atoms with Crippen LogP contribution in [0.15, 0.2) is 29.6 Å². The van der Waals surface area contributed by atoms with Gasteiger partial charge in [-0.05, 0) is 24.5 Å². The summed E-state index contributed by atoms with van der Waals surface area (Å²) in [6.45, 7) is 4.28. The first-order chi connectivity index (χ1) is 14.6. The summed E-state index contributed by atoms with van der Waals surface area (Å²) in [5, 5.41) is 8.19. The van der Waals surface area contributed by atoms with E-state index in [1.54, 1.807) is 24.5 Å². The molecule has 1 heterocycles. The van der Waals surface area contributed by atoms with Crippen molar-refractivity contribution in [3.8, 4) is 0 Å². The van der Waals surface area contributed by atoms with Crippen molar-refractivity contribution in [1.29, 1.82) is 0 Å². The molecule has 9 heteroatoms. The average Bonchev–Trinajstić information content (AvgIpc) is 3.23. The molecule has 0 bridgehead atoms. The lowest BCUT2D eigenvalue weighted by molar-refractivity contribution is 0.0944. The number of aryl methyl sites for hydroxylation is 1. The number of rotatable bonds is 12. The zero-order chi connectivity index (χ0) is 21.8. The third-order valence-corrected chi connectivity index (χ3v) is 5.25. The maximum absolute atomic E-state index is 12.9. The number of methoxy groups -OCH3 is 2. The first-order valence-corrected chi connectivity index (χ1v) is 10.8. The van der Waals surface area contributed by atoms with E-state index >= 15 is 0 Å². The van der Waals surface area contributed by atoms with Crippen molar-refractivity contribution in [3.05, 3.63) is 45.9 Å². The van der Waals surface area contributed by atoms with Gasteiger partial charge in [0.15, 0.2) is 0 Å². The standard InChI is InChI=1S/C21H30N4O4S/c1-4-16-8-5-6-9-17(16)24-21(27)25(11-13-29-3)14-19-23-18(15-30-19)20(26)22-10-7-12-28-2/h5-6,8-9,15H,4,7,10-14H2,1-3H3,(H,22,26)(H,24,27). The molecule has 0 radical (unpaired) electrons. The summed E-state index contributed by atoms with van der Waals surface area (Å²) in [6, 6.07) is 7.50. The average molecular weight is 435 g/mol. The summed E-state index contributed by atoms with van der Waals surface area (Å²) in [6.07, 6.45) is 1.56. The van der Waals surface area contributed by atoms with Crippen molar-refractivity contribution in [2.75, 3.05) is 45.8 Å². The number of hydrogen-bond acceptors (Lipinski definition) is 6. The molecule has 0 aliphatic heterocycles. The SMILES string of the molecule is CCc1ccccc1NC(=O)N(CCOC)Cc1nc(C(=O)NCCCOC)cs1. The second-order valence-corrected chi connectivity index (χ2v) is 7.53. The largest absolute Gasteiger partial charge is 0.385 e. The van der Waals surface area contributed by atoms with E-state index in [2.05, 4.69) is 15.6 Å². The minimum Gasteiger partial charge on any atom is -0.385 e. The predicted molar refractivity (Wildman–Crippen MR) is 118 cm³/mol. The fraction of sp³-hybridized carbons (Fsp3) is 0.476. The van der Waals surface area contributed by atoms with Gasteiger partial charge in [-0.15, -0.1) is 11.3 Å². The summed E-state index contributed by atoms with van der Waals surface area (Å²) in [5.74, 6) is -0.224. The number of aromatic nitrogens is 1. The number of nitrogens with one attached hydrogen (secondary N) is 2. The molecule has 0 fully saturated rings. The molecule has 8 nitrogen and oxygen atoms in total. The highest BCUT2D eigenvalue weighted by molar-refractivity contribution is 7.09. The van der Waals surface area contributed by atoms with E-state index in [0.29, 0.717) is 43.5 Å². The summed E-state index contributed by atoms with van der Waals surface area (Å²) in [7, 11) is 3.22. The van der Waals surface area contributed by atoms with Crippen molar-refractivity contribution in [1.82, 2.24) is 15.2 Å². The van der Waals surface area contributed by atoms with Crippen LogP contribution in [-0.4, -0.2) is 62.3 Å². The highest BCUT2D eigenvalue weighted by Gasteiger charge is 2.18. The quantitative estimate of drug-likeness (QED) is 0.501. The van der Waals surface area contributed by atoms with Gasteiger partial charge in [-0.25, -0.2) is 9.78 Å². The summed E-state index contributed by atoms with van der Waals surface area (Å²) in [5.41, 5.74) is 2.22. The molecule has 0 saturated carbocycles. The Morgan fingerprint density at radius 3 is 2.67 bits per heavy atom. The molecule has 164 valence electrons. The fourth-order valence-corrected chi connectivity index (χ4v) is 3.55. The Kier molecular flexibility index (Phi) is 10.3. The van der Waals surface area contributed by atoms with E-state index < -0.39 is 0 Å². The number of hydrogen-bond donors (Lipinski definition) is 2. The van der Waals surface area contributed by atoms with Crippen LogP contribution in [0.1, 0.15) is 34.4 Å². The van der Waals surface area contributed by atoms with Crippen LogP contribution in [-0.2, 0) is 22.4 Å². The second-order valence-electron chi connectivity index (χ2n) is 6.58. The van der Waals surface area contributed by atoms with Crippen molar-refractivity contribution in [2.45, 2.75) is 26.3 Å². The van der Waals surface area contributed by atoms with Gasteiger partial charge in [0.1, 0.15) is 10.7 Å². The van der Waals surface area contributed by atoms with E-state index in [-0.39, 0.29) is 11.9 Å². The van der Waals surface area contributed by atoms with E-state index in [4.69, 9.17) is 9.47 Å². The molecule has 0 unspecified atom stereocenters. The van der Waals surface area contributed by atoms with Crippen LogP contribution in [0.3, 0.4) is 0 Å². The Morgan fingerprint density at radius 1 is 1.17 bits per heavy atom. The number of amides is 3. The molecule has 1 aromatic heterocycles. The number of carbonyl (C=O) groups excluding carboxylic acids is 2. The van der Waals surface area contributed by atoms with Crippen LogP contribution in [0.2, 0.25) is 0 Å². The van der Waals surface area contributed by atoms with Gasteiger partial charge in [0, 0.05) is 45.0 Å². The molecule has 2 rings (SSSR count). The zero-order valence-electron chi connectivity index (χ0n) is 17.8. The van der Waals surface area contributed by atoms with Gasteiger partial charge in [0.05, 0.1) is 13.2 Å². The maximum atomic E-state index is 12.9. The Labute approximate surface area is 181 Å². The predicted octanol–water partition coefficient (Wildman–Crippen LogP) is 3.15. The zero-order valence-corrected chi connectivity index (χ0v) is 18.6. The molecule has 0 aliphatic carbocycles. The molecule has 2 N–H and O–H groups in total. The van der Waals surface area contributed by atoms with Crippen LogP contribution in [0.4, 0.5) is 10.5 Å². The summed E-state index contributed by atoms with van der Waals surface area (Å²) >= 11 is 1.36. The van der Waals surface area contributed by atoms with Gasteiger partial charge in [-0.1, -0.05) is 25.1 Å². The van der Waals surface area contributed by atoms with Crippen LogP contribution in [0.5, 0.6) is 0 Å². The normalized spacial score (nSPS) is 10.6. The van der Waals surface area contributed by atoms with Gasteiger partial charge in [0.2, 0.25) is 0 Å². The first kappa shape index (κ1) is 23.8. The van der Waals surface area contributed by atoms with E-state index in [9.17, 15) is 9.59 Å². The fourth-order valence-electron chi connectivity index (χ4n) is 2.76. The van der Waals surface area contributed by atoms with Crippen molar-refractivity contribution in [2.24, 2.45) is 0 Å².